The Labute approximate surface area is 91.3 Å². The second kappa shape index (κ2) is 3.61. The van der Waals surface area contributed by atoms with Gasteiger partial charge in [0.1, 0.15) is 6.07 Å². The zero-order valence-corrected chi connectivity index (χ0v) is 8.10. The summed E-state index contributed by atoms with van der Waals surface area (Å²) < 4.78 is 4.88. The van der Waals surface area contributed by atoms with E-state index in [0.29, 0.717) is 5.69 Å². The highest BCUT2D eigenvalue weighted by molar-refractivity contribution is 6.01. The molecular weight excluding hydrogens is 208 g/mol. The molecule has 0 aliphatic carbocycles. The third-order valence-electron chi connectivity index (χ3n) is 2.04. The molecular formula is C10H6N4O2. The molecule has 6 heteroatoms. The second-order valence-electron chi connectivity index (χ2n) is 3.12. The van der Waals surface area contributed by atoms with E-state index in [1.54, 1.807) is 6.07 Å². The maximum Gasteiger partial charge on any atom is 0.271 e. The summed E-state index contributed by atoms with van der Waals surface area (Å²) in [5.74, 6) is 1.87. The SMILES string of the molecule is C#C[C@@]1(C(=O)Nc2cnc(C#N)nc2)CO1. The van der Waals surface area contributed by atoms with Crippen molar-refractivity contribution in [3.8, 4) is 18.4 Å². The number of hydrogen-bond acceptors (Lipinski definition) is 5. The molecule has 1 aromatic heterocycles. The van der Waals surface area contributed by atoms with Crippen LogP contribution in [0.15, 0.2) is 12.4 Å². The summed E-state index contributed by atoms with van der Waals surface area (Å²) in [5.41, 5.74) is -0.775. The van der Waals surface area contributed by atoms with Gasteiger partial charge in [-0.1, -0.05) is 5.92 Å². The number of nitrogens with one attached hydrogen (secondary N) is 1. The number of epoxide rings is 1. The van der Waals surface area contributed by atoms with E-state index >= 15 is 0 Å². The van der Waals surface area contributed by atoms with E-state index in [-0.39, 0.29) is 12.4 Å². The lowest BCUT2D eigenvalue weighted by molar-refractivity contribution is -0.119. The van der Waals surface area contributed by atoms with Crippen LogP contribution >= 0.6 is 0 Å². The average molecular weight is 214 g/mol. The predicted octanol–water partition coefficient (Wildman–Crippen LogP) is -0.311. The zero-order chi connectivity index (χ0) is 11.6. The lowest BCUT2D eigenvalue weighted by atomic mass is 10.1. The summed E-state index contributed by atoms with van der Waals surface area (Å²) in [4.78, 5) is 19.0. The fourth-order valence-corrected chi connectivity index (χ4v) is 1.03. The number of carbonyl (C=O) groups is 1. The van der Waals surface area contributed by atoms with Gasteiger partial charge in [-0.2, -0.15) is 5.26 Å². The lowest BCUT2D eigenvalue weighted by Gasteiger charge is -2.05. The van der Waals surface area contributed by atoms with Gasteiger partial charge in [0.05, 0.1) is 24.7 Å². The fourth-order valence-electron chi connectivity index (χ4n) is 1.03. The van der Waals surface area contributed by atoms with Crippen LogP contribution in [0.4, 0.5) is 5.69 Å². The van der Waals surface area contributed by atoms with Gasteiger partial charge in [0.25, 0.3) is 5.91 Å². The van der Waals surface area contributed by atoms with Crippen LogP contribution < -0.4 is 5.32 Å². The van der Waals surface area contributed by atoms with Gasteiger partial charge in [-0.05, 0) is 0 Å². The van der Waals surface area contributed by atoms with Crippen molar-refractivity contribution in [2.75, 3.05) is 11.9 Å². The number of ether oxygens (including phenoxy) is 1. The molecule has 1 N–H and O–H groups in total. The Bertz CT molecular complexity index is 505. The second-order valence-corrected chi connectivity index (χ2v) is 3.12. The van der Waals surface area contributed by atoms with Crippen molar-refractivity contribution < 1.29 is 9.53 Å². The highest BCUT2D eigenvalue weighted by Crippen LogP contribution is 2.27. The standard InChI is InChI=1S/C10H6N4O2/c1-2-10(6-16-10)9(15)14-7-4-12-8(3-11)13-5-7/h1,4-5H,6H2,(H,14,15)/t10-/m0/s1. The Morgan fingerprint density at radius 2 is 2.25 bits per heavy atom. The molecule has 0 bridgehead atoms. The van der Waals surface area contributed by atoms with Crippen LogP contribution in [0.1, 0.15) is 5.82 Å². The van der Waals surface area contributed by atoms with Crippen LogP contribution in [0.2, 0.25) is 0 Å². The van der Waals surface area contributed by atoms with E-state index in [9.17, 15) is 4.79 Å². The van der Waals surface area contributed by atoms with Crippen LogP contribution in [0, 0.1) is 23.7 Å². The average Bonchev–Trinajstić information content (AvgIpc) is 3.11. The summed E-state index contributed by atoms with van der Waals surface area (Å²) in [6.45, 7) is 0.215. The van der Waals surface area contributed by atoms with E-state index < -0.39 is 11.5 Å². The number of terminal acetylenes is 1. The van der Waals surface area contributed by atoms with Crippen LogP contribution in [-0.2, 0) is 9.53 Å². The van der Waals surface area contributed by atoms with Gasteiger partial charge in [0, 0.05) is 0 Å². The van der Waals surface area contributed by atoms with Crippen molar-refractivity contribution in [3.05, 3.63) is 18.2 Å². The van der Waals surface area contributed by atoms with Crippen LogP contribution in [0.5, 0.6) is 0 Å². The number of amides is 1. The Morgan fingerprint density at radius 3 is 2.69 bits per heavy atom. The molecule has 0 aromatic carbocycles. The maximum absolute atomic E-state index is 11.6. The molecule has 2 heterocycles. The minimum atomic E-state index is -1.14. The van der Waals surface area contributed by atoms with Crippen molar-refractivity contribution >= 4 is 11.6 Å². The summed E-state index contributed by atoms with van der Waals surface area (Å²) >= 11 is 0. The molecule has 0 unspecified atom stereocenters. The molecule has 0 spiro atoms. The predicted molar refractivity (Wildman–Crippen MR) is 52.9 cm³/mol. The van der Waals surface area contributed by atoms with Crippen molar-refractivity contribution in [3.63, 3.8) is 0 Å². The van der Waals surface area contributed by atoms with Crippen molar-refractivity contribution in [2.24, 2.45) is 0 Å². The first-order valence-corrected chi connectivity index (χ1v) is 4.35. The van der Waals surface area contributed by atoms with Gasteiger partial charge in [0.2, 0.25) is 11.4 Å². The van der Waals surface area contributed by atoms with E-state index in [1.807, 2.05) is 0 Å². The number of carbonyl (C=O) groups excluding carboxylic acids is 1. The van der Waals surface area contributed by atoms with Gasteiger partial charge in [-0.25, -0.2) is 9.97 Å². The van der Waals surface area contributed by atoms with Gasteiger partial charge < -0.3 is 10.1 Å². The number of nitriles is 1. The fraction of sp³-hybridized carbons (Fsp3) is 0.200. The number of hydrogen-bond donors (Lipinski definition) is 1. The van der Waals surface area contributed by atoms with Gasteiger partial charge in [0.15, 0.2) is 0 Å². The Hall–Kier alpha value is -2.44. The van der Waals surface area contributed by atoms with Crippen LogP contribution in [0.3, 0.4) is 0 Å². The third kappa shape index (κ3) is 1.70. The molecule has 2 rings (SSSR count). The zero-order valence-electron chi connectivity index (χ0n) is 8.10. The number of aromatic nitrogens is 2. The molecule has 0 radical (unpaired) electrons. The van der Waals surface area contributed by atoms with E-state index in [0.717, 1.165) is 0 Å². The van der Waals surface area contributed by atoms with Crippen LogP contribution in [-0.4, -0.2) is 28.1 Å². The maximum atomic E-state index is 11.6. The quantitative estimate of drug-likeness (QED) is 0.538. The summed E-state index contributed by atoms with van der Waals surface area (Å²) in [6.07, 6.45) is 7.82. The van der Waals surface area contributed by atoms with Crippen molar-refractivity contribution in [2.45, 2.75) is 5.60 Å². The number of nitrogens with zero attached hydrogens (tertiary/aromatic N) is 3. The molecule has 6 nitrogen and oxygen atoms in total. The molecule has 1 aliphatic heterocycles. The Morgan fingerprint density at radius 1 is 1.62 bits per heavy atom. The molecule has 1 fully saturated rings. The van der Waals surface area contributed by atoms with E-state index in [4.69, 9.17) is 16.4 Å². The molecule has 1 atom stereocenters. The first-order chi connectivity index (χ1) is 7.70. The van der Waals surface area contributed by atoms with Gasteiger partial charge in [-0.3, -0.25) is 4.79 Å². The first kappa shape index (κ1) is 10.1. The summed E-state index contributed by atoms with van der Waals surface area (Å²) in [5, 5.41) is 11.0. The van der Waals surface area contributed by atoms with E-state index in [1.165, 1.54) is 12.4 Å². The molecule has 1 aromatic rings. The first-order valence-electron chi connectivity index (χ1n) is 4.35. The molecule has 1 saturated heterocycles. The highest BCUT2D eigenvalue weighted by atomic mass is 16.6. The minimum Gasteiger partial charge on any atom is -0.347 e. The number of rotatable bonds is 2. The van der Waals surface area contributed by atoms with Gasteiger partial charge in [-0.15, -0.1) is 6.42 Å². The summed E-state index contributed by atoms with van der Waals surface area (Å²) in [6, 6.07) is 1.77. The third-order valence-corrected chi connectivity index (χ3v) is 2.04. The summed E-state index contributed by atoms with van der Waals surface area (Å²) in [7, 11) is 0. The molecule has 78 valence electrons. The van der Waals surface area contributed by atoms with Gasteiger partial charge >= 0.3 is 0 Å². The molecule has 1 amide bonds. The lowest BCUT2D eigenvalue weighted by Crippen LogP contribution is -2.29. The monoisotopic (exact) mass is 214 g/mol. The van der Waals surface area contributed by atoms with Crippen LogP contribution in [0.25, 0.3) is 0 Å². The molecule has 0 saturated carbocycles. The topological polar surface area (TPSA) is 91.2 Å². The Balaban J connectivity index is 2.08. The Kier molecular flexibility index (Phi) is 2.28. The minimum absolute atomic E-state index is 0.0346. The van der Waals surface area contributed by atoms with E-state index in [2.05, 4.69) is 21.2 Å². The molecule has 16 heavy (non-hydrogen) atoms. The normalized spacial score (nSPS) is 21.6. The van der Waals surface area contributed by atoms with Crippen molar-refractivity contribution in [1.29, 1.82) is 5.26 Å². The number of anilines is 1. The van der Waals surface area contributed by atoms with Crippen molar-refractivity contribution in [1.82, 2.24) is 9.97 Å². The largest absolute Gasteiger partial charge is 0.347 e. The highest BCUT2D eigenvalue weighted by Gasteiger charge is 2.51. The molecule has 1 aliphatic rings. The smallest absolute Gasteiger partial charge is 0.271 e.